The van der Waals surface area contributed by atoms with Gasteiger partial charge in [0.05, 0.1) is 6.04 Å². The Morgan fingerprint density at radius 3 is 2.10 bits per heavy atom. The Morgan fingerprint density at radius 2 is 1.62 bits per heavy atom. The second-order valence-electron chi connectivity index (χ2n) is 5.32. The minimum absolute atomic E-state index is 0.0988. The zero-order valence-corrected chi connectivity index (χ0v) is 12.9. The molecule has 112 valence electrons. The molecule has 0 aliphatic rings. The minimum atomic E-state index is -0.217. The minimum Gasteiger partial charge on any atom is -0.363 e. The van der Waals surface area contributed by atoms with Gasteiger partial charge in [-0.2, -0.15) is 0 Å². The highest BCUT2D eigenvalue weighted by Gasteiger charge is 2.21. The van der Waals surface area contributed by atoms with Gasteiger partial charge in [0.25, 0.3) is 0 Å². The molecule has 0 spiro atoms. The molecule has 2 N–H and O–H groups in total. The number of likely N-dealkylation sites (N-methyl/N-ethyl adjacent to an activating group) is 1. The molecule has 2 aromatic carbocycles. The van der Waals surface area contributed by atoms with E-state index in [1.165, 1.54) is 28.8 Å². The predicted molar refractivity (Wildman–Crippen MR) is 87.1 cm³/mol. The second-order valence-corrected chi connectivity index (χ2v) is 5.32. The molecule has 2 aromatic rings. The summed E-state index contributed by atoms with van der Waals surface area (Å²) in [5.41, 5.74) is 10.8. The van der Waals surface area contributed by atoms with Crippen molar-refractivity contribution in [2.24, 2.45) is 5.73 Å². The molecule has 0 heterocycles. The van der Waals surface area contributed by atoms with Crippen molar-refractivity contribution in [1.82, 2.24) is 0 Å². The zero-order valence-electron chi connectivity index (χ0n) is 12.9. The van der Waals surface area contributed by atoms with Crippen LogP contribution in [0.3, 0.4) is 0 Å². The van der Waals surface area contributed by atoms with E-state index in [0.29, 0.717) is 6.54 Å². The van der Waals surface area contributed by atoms with Gasteiger partial charge < -0.3 is 10.6 Å². The van der Waals surface area contributed by atoms with Gasteiger partial charge in [-0.15, -0.1) is 0 Å². The van der Waals surface area contributed by atoms with Crippen LogP contribution in [0.15, 0.2) is 42.5 Å². The molecular weight excluding hydrogens is 263 g/mol. The lowest BCUT2D eigenvalue weighted by molar-refractivity contribution is 0.620. The van der Waals surface area contributed by atoms with Gasteiger partial charge in [-0.05, 0) is 61.7 Å². The van der Waals surface area contributed by atoms with Gasteiger partial charge in [-0.25, -0.2) is 4.39 Å². The number of hydrogen-bond donors (Lipinski definition) is 1. The maximum atomic E-state index is 13.1. The zero-order chi connectivity index (χ0) is 15.4. The van der Waals surface area contributed by atoms with Gasteiger partial charge in [-0.1, -0.05) is 18.2 Å². The maximum absolute atomic E-state index is 13.1. The largest absolute Gasteiger partial charge is 0.363 e. The lowest BCUT2D eigenvalue weighted by Crippen LogP contribution is -2.34. The first-order valence-corrected chi connectivity index (χ1v) is 7.36. The Hall–Kier alpha value is -1.87. The summed E-state index contributed by atoms with van der Waals surface area (Å²) in [4.78, 5) is 2.23. The van der Waals surface area contributed by atoms with Crippen molar-refractivity contribution in [2.45, 2.75) is 26.8 Å². The molecule has 0 aliphatic carbocycles. The summed E-state index contributed by atoms with van der Waals surface area (Å²) in [5, 5.41) is 0. The fourth-order valence-corrected chi connectivity index (χ4v) is 2.97. The lowest BCUT2D eigenvalue weighted by atomic mass is 9.94. The first-order valence-electron chi connectivity index (χ1n) is 7.36. The monoisotopic (exact) mass is 286 g/mol. The molecule has 21 heavy (non-hydrogen) atoms. The quantitative estimate of drug-likeness (QED) is 0.901. The smallest absolute Gasteiger partial charge is 0.123 e. The summed E-state index contributed by atoms with van der Waals surface area (Å²) in [6.07, 6.45) is 0. The van der Waals surface area contributed by atoms with Crippen LogP contribution in [0.1, 0.15) is 29.7 Å². The van der Waals surface area contributed by atoms with Crippen LogP contribution in [0, 0.1) is 19.7 Å². The van der Waals surface area contributed by atoms with Crippen molar-refractivity contribution in [1.29, 1.82) is 0 Å². The summed E-state index contributed by atoms with van der Waals surface area (Å²) >= 11 is 0. The topological polar surface area (TPSA) is 29.3 Å². The molecule has 0 amide bonds. The summed E-state index contributed by atoms with van der Waals surface area (Å²) < 4.78 is 13.1. The number of benzene rings is 2. The van der Waals surface area contributed by atoms with E-state index in [1.807, 2.05) is 12.1 Å². The molecule has 0 aliphatic heterocycles. The molecule has 2 rings (SSSR count). The normalized spacial score (nSPS) is 12.2. The first-order chi connectivity index (χ1) is 10.1. The number of hydrogen-bond acceptors (Lipinski definition) is 2. The standard InChI is InChI=1S/C18H23FN2/c1-4-21(16-10-8-15(19)9-11-16)17(12-20)18-13(2)6-5-7-14(18)3/h5-11,17H,4,12,20H2,1-3H3. The van der Waals surface area contributed by atoms with Crippen LogP contribution in [0.2, 0.25) is 0 Å². The van der Waals surface area contributed by atoms with Crippen LogP contribution in [-0.2, 0) is 0 Å². The van der Waals surface area contributed by atoms with Crippen LogP contribution in [-0.4, -0.2) is 13.1 Å². The van der Waals surface area contributed by atoms with Gasteiger partial charge in [0.15, 0.2) is 0 Å². The Labute approximate surface area is 126 Å². The van der Waals surface area contributed by atoms with E-state index in [0.717, 1.165) is 12.2 Å². The van der Waals surface area contributed by atoms with Crippen molar-refractivity contribution in [3.63, 3.8) is 0 Å². The molecule has 0 fully saturated rings. The third-order valence-corrected chi connectivity index (χ3v) is 3.97. The van der Waals surface area contributed by atoms with Crippen LogP contribution in [0.25, 0.3) is 0 Å². The fourth-order valence-electron chi connectivity index (χ4n) is 2.97. The van der Waals surface area contributed by atoms with E-state index < -0.39 is 0 Å². The van der Waals surface area contributed by atoms with Crippen molar-refractivity contribution < 1.29 is 4.39 Å². The second kappa shape index (κ2) is 6.72. The molecule has 2 nitrogen and oxygen atoms in total. The molecule has 0 radical (unpaired) electrons. The number of halogens is 1. The van der Waals surface area contributed by atoms with Crippen molar-refractivity contribution in [3.8, 4) is 0 Å². The van der Waals surface area contributed by atoms with E-state index in [1.54, 1.807) is 0 Å². The lowest BCUT2D eigenvalue weighted by Gasteiger charge is -2.34. The highest BCUT2D eigenvalue weighted by atomic mass is 19.1. The highest BCUT2D eigenvalue weighted by molar-refractivity contribution is 5.51. The molecule has 0 saturated carbocycles. The van der Waals surface area contributed by atoms with Crippen molar-refractivity contribution in [3.05, 3.63) is 65.0 Å². The summed E-state index contributed by atoms with van der Waals surface area (Å²) in [6, 6.07) is 13.0. The summed E-state index contributed by atoms with van der Waals surface area (Å²) in [7, 11) is 0. The van der Waals surface area contributed by atoms with Crippen LogP contribution in [0.5, 0.6) is 0 Å². The molecule has 0 bridgehead atoms. The van der Waals surface area contributed by atoms with Gasteiger partial charge >= 0.3 is 0 Å². The van der Waals surface area contributed by atoms with Gasteiger partial charge in [0.1, 0.15) is 5.82 Å². The Kier molecular flexibility index (Phi) is 4.97. The molecule has 3 heteroatoms. The third kappa shape index (κ3) is 3.24. The number of nitrogens with zero attached hydrogens (tertiary/aromatic N) is 1. The Balaban J connectivity index is 2.45. The number of nitrogens with two attached hydrogens (primary N) is 1. The molecule has 0 saturated heterocycles. The van der Waals surface area contributed by atoms with E-state index in [9.17, 15) is 4.39 Å². The number of aryl methyl sites for hydroxylation is 2. The Bertz CT molecular complexity index is 572. The first kappa shape index (κ1) is 15.5. The number of rotatable bonds is 5. The molecular formula is C18H23FN2. The van der Waals surface area contributed by atoms with Gasteiger partial charge in [-0.3, -0.25) is 0 Å². The average molecular weight is 286 g/mol. The summed E-state index contributed by atoms with van der Waals surface area (Å²) in [6.45, 7) is 7.67. The van der Waals surface area contributed by atoms with E-state index >= 15 is 0 Å². The van der Waals surface area contributed by atoms with Crippen LogP contribution in [0.4, 0.5) is 10.1 Å². The van der Waals surface area contributed by atoms with E-state index in [4.69, 9.17) is 5.73 Å². The molecule has 1 unspecified atom stereocenters. The van der Waals surface area contributed by atoms with E-state index in [-0.39, 0.29) is 11.9 Å². The molecule has 1 atom stereocenters. The highest BCUT2D eigenvalue weighted by Crippen LogP contribution is 2.30. The fraction of sp³-hybridized carbons (Fsp3) is 0.333. The van der Waals surface area contributed by atoms with Crippen LogP contribution < -0.4 is 10.6 Å². The predicted octanol–water partition coefficient (Wildman–Crippen LogP) is 3.97. The van der Waals surface area contributed by atoms with Crippen molar-refractivity contribution in [2.75, 3.05) is 18.0 Å². The summed E-state index contributed by atoms with van der Waals surface area (Å²) in [5.74, 6) is -0.217. The van der Waals surface area contributed by atoms with Gasteiger partial charge in [0.2, 0.25) is 0 Å². The average Bonchev–Trinajstić information content (AvgIpc) is 2.47. The molecule has 0 aromatic heterocycles. The third-order valence-electron chi connectivity index (χ3n) is 3.97. The number of anilines is 1. The van der Waals surface area contributed by atoms with E-state index in [2.05, 4.69) is 43.9 Å². The maximum Gasteiger partial charge on any atom is 0.123 e. The van der Waals surface area contributed by atoms with Crippen molar-refractivity contribution >= 4 is 5.69 Å². The SMILES string of the molecule is CCN(c1ccc(F)cc1)C(CN)c1c(C)cccc1C. The van der Waals surface area contributed by atoms with Crippen LogP contribution >= 0.6 is 0 Å². The van der Waals surface area contributed by atoms with Gasteiger partial charge in [0, 0.05) is 18.8 Å². The Morgan fingerprint density at radius 1 is 1.05 bits per heavy atom.